The lowest BCUT2D eigenvalue weighted by molar-refractivity contribution is -0.120. The molecule has 0 aliphatic heterocycles. The highest BCUT2D eigenvalue weighted by Crippen LogP contribution is 2.09. The zero-order valence-electron chi connectivity index (χ0n) is 8.46. The molecule has 4 nitrogen and oxygen atoms in total. The van der Waals surface area contributed by atoms with Crippen LogP contribution < -0.4 is 10.6 Å². The van der Waals surface area contributed by atoms with Gasteiger partial charge >= 0.3 is 0 Å². The summed E-state index contributed by atoms with van der Waals surface area (Å²) in [4.78, 5) is 15.4. The molecule has 0 radical (unpaired) electrons. The van der Waals surface area contributed by atoms with Crippen LogP contribution in [0.1, 0.15) is 17.6 Å². The lowest BCUT2D eigenvalue weighted by atomic mass is 10.4. The van der Waals surface area contributed by atoms with Crippen LogP contribution >= 0.6 is 11.3 Å². The third-order valence-corrected chi connectivity index (χ3v) is 2.75. The lowest BCUT2D eigenvalue weighted by Gasteiger charge is -2.01. The maximum atomic E-state index is 11.1. The van der Waals surface area contributed by atoms with E-state index in [1.807, 2.05) is 5.38 Å². The van der Waals surface area contributed by atoms with Crippen molar-refractivity contribution in [2.75, 3.05) is 13.6 Å². The highest BCUT2D eigenvalue weighted by molar-refractivity contribution is 7.09. The normalized spacial score (nSPS) is 10.1. The number of nitrogens with one attached hydrogen (secondary N) is 2. The van der Waals surface area contributed by atoms with Crippen LogP contribution in [0.15, 0.2) is 5.38 Å². The Morgan fingerprint density at radius 1 is 1.64 bits per heavy atom. The summed E-state index contributed by atoms with van der Waals surface area (Å²) in [7, 11) is 1.75. The number of thiazole rings is 1. The van der Waals surface area contributed by atoms with E-state index in [1.165, 1.54) is 0 Å². The third kappa shape index (κ3) is 3.43. The van der Waals surface area contributed by atoms with Crippen LogP contribution in [0.4, 0.5) is 0 Å². The molecule has 0 saturated carbocycles. The molecule has 5 heteroatoms. The molecule has 14 heavy (non-hydrogen) atoms. The number of aromatic nitrogens is 1. The van der Waals surface area contributed by atoms with E-state index in [9.17, 15) is 4.79 Å². The van der Waals surface area contributed by atoms with Crippen molar-refractivity contribution in [3.63, 3.8) is 0 Å². The topological polar surface area (TPSA) is 54.0 Å². The molecular formula is C9H15N3OS. The van der Waals surface area contributed by atoms with Gasteiger partial charge in [0, 0.05) is 5.38 Å². The lowest BCUT2D eigenvalue weighted by Crippen LogP contribution is -2.31. The highest BCUT2D eigenvalue weighted by atomic mass is 32.1. The summed E-state index contributed by atoms with van der Waals surface area (Å²) in [5.74, 6) is -0.00134. The number of aryl methyl sites for hydroxylation is 1. The smallest absolute Gasteiger partial charge is 0.234 e. The molecule has 0 aliphatic carbocycles. The Balaban J connectivity index is 2.34. The number of hydrogen-bond donors (Lipinski definition) is 2. The first kappa shape index (κ1) is 11.1. The van der Waals surface area contributed by atoms with E-state index >= 15 is 0 Å². The average molecular weight is 213 g/mol. The molecule has 0 fully saturated rings. The summed E-state index contributed by atoms with van der Waals surface area (Å²) in [5.41, 5.74) is 0.941. The van der Waals surface area contributed by atoms with Gasteiger partial charge in [-0.05, 0) is 13.5 Å². The Morgan fingerprint density at radius 2 is 2.43 bits per heavy atom. The zero-order chi connectivity index (χ0) is 10.4. The van der Waals surface area contributed by atoms with Crippen LogP contribution in [0, 0.1) is 0 Å². The maximum Gasteiger partial charge on any atom is 0.234 e. The first-order valence-electron chi connectivity index (χ1n) is 4.60. The van der Waals surface area contributed by atoms with Gasteiger partial charge in [0.1, 0.15) is 0 Å². The molecule has 1 heterocycles. The number of carbonyl (C=O) groups is 1. The standard InChI is InChI=1S/C9H15N3OS/c1-3-9-12-7(6-14-9)4-11-8(13)5-10-2/h6,10H,3-5H2,1-2H3,(H,11,13). The summed E-state index contributed by atoms with van der Waals surface area (Å²) in [6.07, 6.45) is 0.954. The van der Waals surface area contributed by atoms with E-state index in [1.54, 1.807) is 18.4 Å². The van der Waals surface area contributed by atoms with Gasteiger partial charge in [-0.1, -0.05) is 6.92 Å². The quantitative estimate of drug-likeness (QED) is 0.750. The Kier molecular flexibility index (Phi) is 4.55. The summed E-state index contributed by atoms with van der Waals surface area (Å²) in [6.45, 7) is 2.95. The molecule has 1 rings (SSSR count). The Bertz CT molecular complexity index is 298. The summed E-state index contributed by atoms with van der Waals surface area (Å²) < 4.78 is 0. The van der Waals surface area contributed by atoms with Crippen molar-refractivity contribution in [2.24, 2.45) is 0 Å². The Labute approximate surface area is 87.7 Å². The van der Waals surface area contributed by atoms with Crippen LogP contribution in [0.5, 0.6) is 0 Å². The zero-order valence-corrected chi connectivity index (χ0v) is 9.28. The fraction of sp³-hybridized carbons (Fsp3) is 0.556. The van der Waals surface area contributed by atoms with E-state index in [0.717, 1.165) is 17.1 Å². The van der Waals surface area contributed by atoms with Crippen LogP contribution in [-0.2, 0) is 17.8 Å². The molecule has 2 N–H and O–H groups in total. The van der Waals surface area contributed by atoms with Gasteiger partial charge in [0.25, 0.3) is 0 Å². The van der Waals surface area contributed by atoms with Gasteiger partial charge in [-0.25, -0.2) is 4.98 Å². The van der Waals surface area contributed by atoms with E-state index < -0.39 is 0 Å². The second kappa shape index (κ2) is 5.72. The number of likely N-dealkylation sites (N-methyl/N-ethyl adjacent to an activating group) is 1. The first-order valence-corrected chi connectivity index (χ1v) is 5.48. The third-order valence-electron chi connectivity index (χ3n) is 1.71. The van der Waals surface area contributed by atoms with Crippen molar-refractivity contribution in [1.82, 2.24) is 15.6 Å². The maximum absolute atomic E-state index is 11.1. The van der Waals surface area contributed by atoms with E-state index in [2.05, 4.69) is 22.5 Å². The summed E-state index contributed by atoms with van der Waals surface area (Å²) in [5, 5.41) is 8.67. The van der Waals surface area contributed by atoms with Crippen LogP contribution in [0.3, 0.4) is 0 Å². The van der Waals surface area contributed by atoms with Crippen LogP contribution in [0.25, 0.3) is 0 Å². The minimum absolute atomic E-state index is 0.00134. The van der Waals surface area contributed by atoms with Gasteiger partial charge in [-0.2, -0.15) is 0 Å². The Morgan fingerprint density at radius 3 is 3.00 bits per heavy atom. The van der Waals surface area contributed by atoms with Gasteiger partial charge in [0.05, 0.1) is 23.8 Å². The number of nitrogens with zero attached hydrogens (tertiary/aromatic N) is 1. The predicted octanol–water partition coefficient (Wildman–Crippen LogP) is 0.541. The monoisotopic (exact) mass is 213 g/mol. The summed E-state index contributed by atoms with van der Waals surface area (Å²) >= 11 is 1.64. The minimum atomic E-state index is -0.00134. The molecular weight excluding hydrogens is 198 g/mol. The number of hydrogen-bond acceptors (Lipinski definition) is 4. The van der Waals surface area contributed by atoms with Gasteiger partial charge < -0.3 is 10.6 Å². The fourth-order valence-corrected chi connectivity index (χ4v) is 1.75. The van der Waals surface area contributed by atoms with E-state index in [0.29, 0.717) is 13.1 Å². The molecule has 78 valence electrons. The molecule has 0 aromatic carbocycles. The van der Waals surface area contributed by atoms with Crippen molar-refractivity contribution >= 4 is 17.2 Å². The second-order valence-electron chi connectivity index (χ2n) is 2.89. The first-order chi connectivity index (χ1) is 6.76. The van der Waals surface area contributed by atoms with Gasteiger partial charge in [-0.3, -0.25) is 4.79 Å². The minimum Gasteiger partial charge on any atom is -0.349 e. The van der Waals surface area contributed by atoms with Gasteiger partial charge in [-0.15, -0.1) is 11.3 Å². The van der Waals surface area contributed by atoms with Crippen molar-refractivity contribution < 1.29 is 4.79 Å². The number of amides is 1. The van der Waals surface area contributed by atoms with Crippen molar-refractivity contribution in [1.29, 1.82) is 0 Å². The molecule has 0 bridgehead atoms. The van der Waals surface area contributed by atoms with Gasteiger partial charge in [0.2, 0.25) is 5.91 Å². The number of rotatable bonds is 5. The molecule has 0 aliphatic rings. The summed E-state index contributed by atoms with van der Waals surface area (Å²) in [6, 6.07) is 0. The molecule has 0 spiro atoms. The molecule has 0 atom stereocenters. The SMILES string of the molecule is CCc1nc(CNC(=O)CNC)cs1. The largest absolute Gasteiger partial charge is 0.349 e. The average Bonchev–Trinajstić information content (AvgIpc) is 2.63. The highest BCUT2D eigenvalue weighted by Gasteiger charge is 2.02. The van der Waals surface area contributed by atoms with E-state index in [-0.39, 0.29) is 5.91 Å². The molecule has 1 aromatic rings. The molecule has 1 aromatic heterocycles. The molecule has 0 saturated heterocycles. The number of carbonyl (C=O) groups excluding carboxylic acids is 1. The van der Waals surface area contributed by atoms with Crippen LogP contribution in [-0.4, -0.2) is 24.5 Å². The molecule has 1 amide bonds. The van der Waals surface area contributed by atoms with Crippen LogP contribution in [0.2, 0.25) is 0 Å². The van der Waals surface area contributed by atoms with E-state index in [4.69, 9.17) is 0 Å². The van der Waals surface area contributed by atoms with Gasteiger partial charge in [0.15, 0.2) is 0 Å². The van der Waals surface area contributed by atoms with Crippen molar-refractivity contribution in [3.8, 4) is 0 Å². The Hall–Kier alpha value is -0.940. The fourth-order valence-electron chi connectivity index (χ4n) is 1.00. The second-order valence-corrected chi connectivity index (χ2v) is 3.84. The predicted molar refractivity (Wildman–Crippen MR) is 57.3 cm³/mol. The van der Waals surface area contributed by atoms with Crippen molar-refractivity contribution in [3.05, 3.63) is 16.1 Å². The molecule has 0 unspecified atom stereocenters. The van der Waals surface area contributed by atoms with Crippen molar-refractivity contribution in [2.45, 2.75) is 19.9 Å².